The normalized spacial score (nSPS) is 12.2. The Hall–Kier alpha value is -3.95. The molecule has 1 aromatic carbocycles. The zero-order valence-corrected chi connectivity index (χ0v) is 19.6. The maximum absolute atomic E-state index is 13.0. The average molecular weight is 480 g/mol. The summed E-state index contributed by atoms with van der Waals surface area (Å²) in [7, 11) is 1.55. The Morgan fingerprint density at radius 1 is 1.06 bits per heavy atom. The number of aromatic nitrogens is 6. The van der Waals surface area contributed by atoms with Crippen LogP contribution in [0.3, 0.4) is 0 Å². The lowest BCUT2D eigenvalue weighted by molar-refractivity contribution is -0.140. The molecule has 4 aromatic heterocycles. The van der Waals surface area contributed by atoms with Crippen LogP contribution in [0, 0.1) is 6.92 Å². The second-order valence-corrected chi connectivity index (χ2v) is 8.77. The molecule has 0 atom stereocenters. The van der Waals surface area contributed by atoms with E-state index in [1.165, 1.54) is 4.57 Å². The van der Waals surface area contributed by atoms with E-state index in [0.29, 0.717) is 29.0 Å². The van der Waals surface area contributed by atoms with E-state index in [1.54, 1.807) is 37.6 Å². The highest BCUT2D eigenvalue weighted by Gasteiger charge is 2.34. The number of aryl methyl sites for hydroxylation is 2. The van der Waals surface area contributed by atoms with Crippen LogP contribution in [-0.4, -0.2) is 29.3 Å². The van der Waals surface area contributed by atoms with Crippen molar-refractivity contribution >= 4 is 11.1 Å². The third-order valence-electron chi connectivity index (χ3n) is 5.80. The molecule has 0 saturated heterocycles. The number of rotatable bonds is 5. The van der Waals surface area contributed by atoms with Crippen LogP contribution >= 0.6 is 0 Å². The Bertz CT molecular complexity index is 1510. The minimum Gasteiger partial charge on any atom is -0.433 e. The largest absolute Gasteiger partial charge is 0.434 e. The predicted octanol–water partition coefficient (Wildman–Crippen LogP) is 5.99. The number of hydrogen-bond donors (Lipinski definition) is 0. The second kappa shape index (κ2) is 8.37. The summed E-state index contributed by atoms with van der Waals surface area (Å²) < 4.78 is 48.4. The molecule has 0 bridgehead atoms. The maximum Gasteiger partial charge on any atom is 0.434 e. The lowest BCUT2D eigenvalue weighted by Gasteiger charge is -2.08. The van der Waals surface area contributed by atoms with Crippen molar-refractivity contribution in [3.05, 3.63) is 71.4 Å². The molecule has 35 heavy (non-hydrogen) atoms. The third-order valence-corrected chi connectivity index (χ3v) is 5.80. The monoisotopic (exact) mass is 480 g/mol. The van der Waals surface area contributed by atoms with Gasteiger partial charge in [0.15, 0.2) is 11.3 Å². The molecule has 0 unspecified atom stereocenters. The van der Waals surface area contributed by atoms with Crippen molar-refractivity contribution in [2.75, 3.05) is 0 Å². The minimum atomic E-state index is -4.48. The summed E-state index contributed by atoms with van der Waals surface area (Å²) in [5.41, 5.74) is 4.44. The lowest BCUT2D eigenvalue weighted by atomic mass is 10.1. The summed E-state index contributed by atoms with van der Waals surface area (Å²) in [5, 5.41) is 4.44. The van der Waals surface area contributed by atoms with Crippen LogP contribution in [0.1, 0.15) is 42.4 Å². The SMILES string of the molecule is Cc1cnn(C(C)C)c1-c1nc2ccnc(Cc3ccc(-c4nc(C(F)(F)F)cn4C)cc3)c2o1. The number of oxazole rings is 1. The van der Waals surface area contributed by atoms with E-state index in [1.807, 2.05) is 37.6 Å². The number of fused-ring (bicyclic) bond motifs is 1. The Morgan fingerprint density at radius 3 is 2.46 bits per heavy atom. The van der Waals surface area contributed by atoms with Crippen molar-refractivity contribution in [3.63, 3.8) is 0 Å². The summed E-state index contributed by atoms with van der Waals surface area (Å²) in [6.45, 7) is 6.06. The summed E-state index contributed by atoms with van der Waals surface area (Å²) in [6, 6.07) is 9.18. The number of imidazole rings is 1. The molecule has 0 fully saturated rings. The highest BCUT2D eigenvalue weighted by molar-refractivity contribution is 5.78. The fourth-order valence-corrected chi connectivity index (χ4v) is 4.08. The van der Waals surface area contributed by atoms with Gasteiger partial charge in [0.1, 0.15) is 17.0 Å². The number of halogens is 3. The molecule has 0 aliphatic carbocycles. The molecule has 0 N–H and O–H groups in total. The molecule has 0 amide bonds. The van der Waals surface area contributed by atoms with Crippen LogP contribution in [0.4, 0.5) is 13.2 Å². The Morgan fingerprint density at radius 2 is 1.80 bits per heavy atom. The quantitative estimate of drug-likeness (QED) is 0.309. The fraction of sp³-hybridized carbons (Fsp3) is 0.280. The van der Waals surface area contributed by atoms with Gasteiger partial charge in [-0.15, -0.1) is 0 Å². The van der Waals surface area contributed by atoms with Gasteiger partial charge in [0.2, 0.25) is 5.89 Å². The minimum absolute atomic E-state index is 0.149. The second-order valence-electron chi connectivity index (χ2n) is 8.77. The van der Waals surface area contributed by atoms with Crippen molar-refractivity contribution in [3.8, 4) is 23.0 Å². The highest BCUT2D eigenvalue weighted by atomic mass is 19.4. The van der Waals surface area contributed by atoms with Gasteiger partial charge in [0.05, 0.1) is 11.9 Å². The molecule has 0 aliphatic heterocycles. The van der Waals surface area contributed by atoms with Gasteiger partial charge in [-0.05, 0) is 38.0 Å². The zero-order valence-electron chi connectivity index (χ0n) is 19.6. The molecule has 0 spiro atoms. The van der Waals surface area contributed by atoms with Crippen LogP contribution in [0.2, 0.25) is 0 Å². The molecule has 5 rings (SSSR count). The van der Waals surface area contributed by atoms with Gasteiger partial charge in [0, 0.05) is 37.5 Å². The van der Waals surface area contributed by atoms with Gasteiger partial charge in [-0.3, -0.25) is 9.67 Å². The van der Waals surface area contributed by atoms with Gasteiger partial charge in [0.25, 0.3) is 0 Å². The number of nitrogens with zero attached hydrogens (tertiary/aromatic N) is 6. The molecule has 7 nitrogen and oxygen atoms in total. The molecule has 0 aliphatic rings. The van der Waals surface area contributed by atoms with Crippen LogP contribution < -0.4 is 0 Å². The highest BCUT2D eigenvalue weighted by Crippen LogP contribution is 2.32. The van der Waals surface area contributed by atoms with Crippen molar-refractivity contribution < 1.29 is 17.6 Å². The Balaban J connectivity index is 1.45. The summed E-state index contributed by atoms with van der Waals surface area (Å²) >= 11 is 0. The average Bonchev–Trinajstić information content (AvgIpc) is 3.50. The summed E-state index contributed by atoms with van der Waals surface area (Å²) in [5.74, 6) is 0.740. The Kier molecular flexibility index (Phi) is 5.46. The first kappa shape index (κ1) is 22.8. The molecule has 10 heteroatoms. The molecular weight excluding hydrogens is 457 g/mol. The van der Waals surface area contributed by atoms with E-state index >= 15 is 0 Å². The van der Waals surface area contributed by atoms with E-state index in [0.717, 1.165) is 28.7 Å². The van der Waals surface area contributed by atoms with Crippen LogP contribution in [-0.2, 0) is 19.6 Å². The fourth-order valence-electron chi connectivity index (χ4n) is 4.08. The molecular formula is C25H23F3N6O. The molecule has 4 heterocycles. The van der Waals surface area contributed by atoms with Crippen molar-refractivity contribution in [1.82, 2.24) is 29.3 Å². The van der Waals surface area contributed by atoms with Crippen LogP contribution in [0.5, 0.6) is 0 Å². The number of hydrogen-bond acceptors (Lipinski definition) is 5. The number of alkyl halides is 3. The van der Waals surface area contributed by atoms with Gasteiger partial charge in [-0.25, -0.2) is 9.97 Å². The lowest BCUT2D eigenvalue weighted by Crippen LogP contribution is -2.05. The van der Waals surface area contributed by atoms with Crippen molar-refractivity contribution in [2.45, 2.75) is 39.4 Å². The molecule has 5 aromatic rings. The summed E-state index contributed by atoms with van der Waals surface area (Å²) in [6.07, 6.45) is 0.467. The van der Waals surface area contributed by atoms with E-state index in [4.69, 9.17) is 4.42 Å². The number of benzene rings is 1. The first-order chi connectivity index (χ1) is 16.6. The third kappa shape index (κ3) is 4.20. The number of pyridine rings is 1. The smallest absolute Gasteiger partial charge is 0.433 e. The van der Waals surface area contributed by atoms with Gasteiger partial charge in [-0.2, -0.15) is 18.3 Å². The van der Waals surface area contributed by atoms with Crippen LogP contribution in [0.15, 0.2) is 53.3 Å². The van der Waals surface area contributed by atoms with E-state index in [9.17, 15) is 13.2 Å². The molecule has 0 saturated carbocycles. The molecule has 180 valence electrons. The van der Waals surface area contributed by atoms with E-state index < -0.39 is 11.9 Å². The zero-order chi connectivity index (χ0) is 24.9. The van der Waals surface area contributed by atoms with Crippen molar-refractivity contribution in [1.29, 1.82) is 0 Å². The van der Waals surface area contributed by atoms with Gasteiger partial charge in [-0.1, -0.05) is 24.3 Å². The Labute approximate surface area is 199 Å². The topological polar surface area (TPSA) is 74.6 Å². The van der Waals surface area contributed by atoms with Crippen molar-refractivity contribution in [2.24, 2.45) is 7.05 Å². The molecule has 0 radical (unpaired) electrons. The van der Waals surface area contributed by atoms with E-state index in [-0.39, 0.29) is 11.9 Å². The first-order valence-electron chi connectivity index (χ1n) is 11.1. The first-order valence-corrected chi connectivity index (χ1v) is 11.1. The summed E-state index contributed by atoms with van der Waals surface area (Å²) in [4.78, 5) is 12.9. The predicted molar refractivity (Wildman–Crippen MR) is 125 cm³/mol. The van der Waals surface area contributed by atoms with Crippen LogP contribution in [0.25, 0.3) is 34.1 Å². The van der Waals surface area contributed by atoms with E-state index in [2.05, 4.69) is 20.1 Å². The maximum atomic E-state index is 13.0. The van der Waals surface area contributed by atoms with Gasteiger partial charge >= 0.3 is 6.18 Å². The standard InChI is InChI=1S/C25H23F3N6O/c1-14(2)34-21(15(3)12-30-34)24-31-18-9-10-29-19(22(18)35-24)11-16-5-7-17(8-6-16)23-32-20(13-33(23)4)25(26,27)28/h5-10,12-14H,11H2,1-4H3. The van der Waals surface area contributed by atoms with Gasteiger partial charge < -0.3 is 8.98 Å².